The van der Waals surface area contributed by atoms with Crippen molar-refractivity contribution in [2.24, 2.45) is 0 Å². The number of methoxy groups -OCH3 is 1. The highest BCUT2D eigenvalue weighted by Crippen LogP contribution is 2.41. The number of hydrogen-bond acceptors (Lipinski definition) is 10. The Morgan fingerprint density at radius 3 is 2.38 bits per heavy atom. The first-order valence-corrected chi connectivity index (χ1v) is 12.8. The number of aromatic nitrogens is 3. The van der Waals surface area contributed by atoms with E-state index in [0.717, 1.165) is 34.4 Å². The van der Waals surface area contributed by atoms with Gasteiger partial charge < -0.3 is 30.4 Å². The van der Waals surface area contributed by atoms with E-state index in [4.69, 9.17) is 30.4 Å². The molecule has 9 nitrogen and oxygen atoms in total. The number of nitrogens with zero attached hydrogens (tertiary/aromatic N) is 3. The number of benzene rings is 2. The molecule has 2 aromatic heterocycles. The Labute approximate surface area is 220 Å². The molecule has 4 rings (SSSR count). The molecule has 2 heterocycles. The van der Waals surface area contributed by atoms with Crippen LogP contribution in [0.3, 0.4) is 0 Å². The van der Waals surface area contributed by atoms with E-state index in [0.29, 0.717) is 42.7 Å². The number of nitrogen functional groups attached to an aromatic ring is 2. The van der Waals surface area contributed by atoms with E-state index in [2.05, 4.69) is 15.0 Å². The number of aryl methyl sites for hydroxylation is 1. The fourth-order valence-corrected chi connectivity index (χ4v) is 4.63. The van der Waals surface area contributed by atoms with Crippen molar-refractivity contribution in [3.8, 4) is 28.4 Å². The summed E-state index contributed by atoms with van der Waals surface area (Å²) in [7, 11) is 1.59. The summed E-state index contributed by atoms with van der Waals surface area (Å²) in [5.74, 6) is 2.63. The Balaban J connectivity index is 1.70. The maximum absolute atomic E-state index is 6.39. The van der Waals surface area contributed by atoms with E-state index in [1.807, 2.05) is 55.8 Å². The van der Waals surface area contributed by atoms with Crippen LogP contribution in [0.5, 0.6) is 17.2 Å². The molecule has 194 valence electrons. The Hall–Kier alpha value is -3.89. The number of rotatable bonds is 12. The Morgan fingerprint density at radius 1 is 0.973 bits per heavy atom. The first-order valence-electron chi connectivity index (χ1n) is 11.9. The molecule has 0 unspecified atom stereocenters. The summed E-state index contributed by atoms with van der Waals surface area (Å²) in [5.41, 5.74) is 18.2. The van der Waals surface area contributed by atoms with Gasteiger partial charge in [-0.3, -0.25) is 0 Å². The highest BCUT2D eigenvalue weighted by Gasteiger charge is 2.18. The number of nitrogens with two attached hydrogens (primary N) is 2. The Kier molecular flexibility index (Phi) is 8.76. The third kappa shape index (κ3) is 6.66. The number of anilines is 2. The lowest BCUT2D eigenvalue weighted by molar-refractivity contribution is 0.0511. The summed E-state index contributed by atoms with van der Waals surface area (Å²) in [6.07, 6.45) is 2.91. The molecular weight excluding hydrogens is 490 g/mol. The third-order valence-corrected chi connectivity index (χ3v) is 6.65. The van der Waals surface area contributed by atoms with Gasteiger partial charge in [0, 0.05) is 36.6 Å². The summed E-state index contributed by atoms with van der Waals surface area (Å²) >= 11 is 1.63. The molecule has 0 atom stereocenters. The van der Waals surface area contributed by atoms with E-state index in [9.17, 15) is 0 Å². The summed E-state index contributed by atoms with van der Waals surface area (Å²) in [6.45, 7) is 5.14. The van der Waals surface area contributed by atoms with Crippen molar-refractivity contribution in [1.82, 2.24) is 15.0 Å². The van der Waals surface area contributed by atoms with Crippen LogP contribution in [-0.4, -0.2) is 42.1 Å². The van der Waals surface area contributed by atoms with Crippen LogP contribution in [0.25, 0.3) is 11.1 Å². The lowest BCUT2D eigenvalue weighted by Gasteiger charge is -2.19. The molecule has 0 bridgehead atoms. The van der Waals surface area contributed by atoms with Crippen molar-refractivity contribution in [3.63, 3.8) is 0 Å². The molecule has 0 saturated carbocycles. The molecule has 2 aromatic carbocycles. The van der Waals surface area contributed by atoms with E-state index in [-0.39, 0.29) is 12.7 Å². The third-order valence-electron chi connectivity index (χ3n) is 5.65. The maximum atomic E-state index is 6.39. The van der Waals surface area contributed by atoms with Crippen LogP contribution in [0.15, 0.2) is 48.1 Å². The minimum absolute atomic E-state index is 0.145. The summed E-state index contributed by atoms with van der Waals surface area (Å²) in [6, 6.07) is 11.8. The molecule has 0 saturated heterocycles. The molecule has 4 aromatic rings. The molecule has 0 aliphatic heterocycles. The van der Waals surface area contributed by atoms with Gasteiger partial charge in [0.25, 0.3) is 0 Å². The van der Waals surface area contributed by atoms with Crippen molar-refractivity contribution in [2.45, 2.75) is 26.7 Å². The SMILES string of the molecule is CCOc1cc(Cc2cnc(N)nc2N)cc(OCCc2scnc2C)c1-c1ccc(OCOC)cc1. The lowest BCUT2D eigenvalue weighted by Crippen LogP contribution is -2.07. The highest BCUT2D eigenvalue weighted by molar-refractivity contribution is 7.09. The number of thiazole rings is 1. The average molecular weight is 522 g/mol. The first-order chi connectivity index (χ1) is 18.0. The van der Waals surface area contributed by atoms with Crippen LogP contribution in [0.4, 0.5) is 11.8 Å². The summed E-state index contributed by atoms with van der Waals surface area (Å²) in [5, 5.41) is 0. The van der Waals surface area contributed by atoms with E-state index in [1.54, 1.807) is 24.6 Å². The largest absolute Gasteiger partial charge is 0.493 e. The van der Waals surface area contributed by atoms with Gasteiger partial charge in [-0.1, -0.05) is 12.1 Å². The second kappa shape index (κ2) is 12.4. The van der Waals surface area contributed by atoms with Crippen LogP contribution in [0.2, 0.25) is 0 Å². The zero-order valence-electron chi connectivity index (χ0n) is 21.2. The van der Waals surface area contributed by atoms with Gasteiger partial charge in [0.2, 0.25) is 5.95 Å². The topological polar surface area (TPSA) is 128 Å². The highest BCUT2D eigenvalue weighted by atomic mass is 32.1. The van der Waals surface area contributed by atoms with E-state index >= 15 is 0 Å². The molecular formula is C27H31N5O4S. The van der Waals surface area contributed by atoms with E-state index < -0.39 is 0 Å². The molecule has 37 heavy (non-hydrogen) atoms. The fraction of sp³-hybridized carbons (Fsp3) is 0.296. The normalized spacial score (nSPS) is 10.9. The standard InChI is InChI=1S/C27H31N5O4S/c1-4-34-22-12-18(11-20-14-30-27(29)32-26(20)28)13-23(35-10-9-24-17(2)31-15-37-24)25(22)19-5-7-21(8-6-19)36-16-33-3/h5-8,12-15H,4,9-11,16H2,1-3H3,(H4,28,29,30,32). The van der Waals surface area contributed by atoms with Gasteiger partial charge in [0.1, 0.15) is 23.1 Å². The fourth-order valence-electron chi connectivity index (χ4n) is 3.87. The Bertz CT molecular complexity index is 1330. The van der Waals surface area contributed by atoms with Crippen LogP contribution in [0.1, 0.15) is 28.6 Å². The number of ether oxygens (including phenoxy) is 4. The van der Waals surface area contributed by atoms with Crippen molar-refractivity contribution < 1.29 is 18.9 Å². The van der Waals surface area contributed by atoms with Gasteiger partial charge in [-0.15, -0.1) is 11.3 Å². The molecule has 0 radical (unpaired) electrons. The van der Waals surface area contributed by atoms with E-state index in [1.165, 1.54) is 4.88 Å². The minimum Gasteiger partial charge on any atom is -0.493 e. The predicted molar refractivity (Wildman–Crippen MR) is 145 cm³/mol. The molecule has 4 N–H and O–H groups in total. The molecule has 0 aliphatic rings. The van der Waals surface area contributed by atoms with Crippen molar-refractivity contribution >= 4 is 23.1 Å². The molecule has 0 amide bonds. The van der Waals surface area contributed by atoms with Crippen molar-refractivity contribution in [2.75, 3.05) is 38.6 Å². The summed E-state index contributed by atoms with van der Waals surface area (Å²) in [4.78, 5) is 13.7. The van der Waals surface area contributed by atoms with Gasteiger partial charge in [-0.25, -0.2) is 9.97 Å². The van der Waals surface area contributed by atoms with Crippen LogP contribution in [0, 0.1) is 6.92 Å². The monoisotopic (exact) mass is 521 g/mol. The van der Waals surface area contributed by atoms with Gasteiger partial charge in [-0.05, 0) is 49.2 Å². The zero-order valence-corrected chi connectivity index (χ0v) is 22.0. The first kappa shape index (κ1) is 26.2. The molecule has 10 heteroatoms. The molecule has 0 spiro atoms. The molecule has 0 aliphatic carbocycles. The van der Waals surface area contributed by atoms with Gasteiger partial charge >= 0.3 is 0 Å². The van der Waals surface area contributed by atoms with Crippen LogP contribution < -0.4 is 25.7 Å². The van der Waals surface area contributed by atoms with Gasteiger partial charge in [0.05, 0.1) is 30.0 Å². The average Bonchev–Trinajstić information content (AvgIpc) is 3.29. The second-order valence-corrected chi connectivity index (χ2v) is 9.19. The van der Waals surface area contributed by atoms with Crippen molar-refractivity contribution in [1.29, 1.82) is 0 Å². The van der Waals surface area contributed by atoms with Crippen molar-refractivity contribution in [3.05, 3.63) is 69.8 Å². The minimum atomic E-state index is 0.145. The molecule has 0 fully saturated rings. The maximum Gasteiger partial charge on any atom is 0.221 e. The van der Waals surface area contributed by atoms with Gasteiger partial charge in [0.15, 0.2) is 6.79 Å². The number of hydrogen-bond donors (Lipinski definition) is 2. The van der Waals surface area contributed by atoms with Crippen LogP contribution in [-0.2, 0) is 17.6 Å². The van der Waals surface area contributed by atoms with Crippen LogP contribution >= 0.6 is 11.3 Å². The Morgan fingerprint density at radius 2 is 1.73 bits per heavy atom. The van der Waals surface area contributed by atoms with Gasteiger partial charge in [-0.2, -0.15) is 4.98 Å². The summed E-state index contributed by atoms with van der Waals surface area (Å²) < 4.78 is 23.1. The second-order valence-electron chi connectivity index (χ2n) is 8.25. The zero-order chi connectivity index (χ0) is 26.2. The lowest BCUT2D eigenvalue weighted by atomic mass is 9.98. The smallest absolute Gasteiger partial charge is 0.221 e. The predicted octanol–water partition coefficient (Wildman–Crippen LogP) is 4.67. The quantitative estimate of drug-likeness (QED) is 0.256.